The lowest BCUT2D eigenvalue weighted by Crippen LogP contribution is -2.27. The zero-order chi connectivity index (χ0) is 10.6. The van der Waals surface area contributed by atoms with E-state index in [1.54, 1.807) is 6.92 Å². The number of hydrogen-bond donors (Lipinski definition) is 2. The highest BCUT2D eigenvalue weighted by Crippen LogP contribution is 2.09. The minimum absolute atomic E-state index is 0.358. The lowest BCUT2D eigenvalue weighted by Gasteiger charge is -2.20. The van der Waals surface area contributed by atoms with E-state index in [0.717, 1.165) is 11.5 Å². The highest BCUT2D eigenvalue weighted by Gasteiger charge is 2.05. The first-order valence-corrected chi connectivity index (χ1v) is 4.68. The molecule has 1 rings (SSSR count). The van der Waals surface area contributed by atoms with Crippen molar-refractivity contribution in [3.8, 4) is 0 Å². The van der Waals surface area contributed by atoms with Crippen molar-refractivity contribution < 1.29 is 5.11 Å². The van der Waals surface area contributed by atoms with Crippen LogP contribution < -0.4 is 10.6 Å². The molecule has 1 unspecified atom stereocenters. The Balaban J connectivity index is 2.73. The third-order valence-electron chi connectivity index (χ3n) is 1.93. The van der Waals surface area contributed by atoms with Crippen LogP contribution >= 0.6 is 0 Å². The van der Waals surface area contributed by atoms with Crippen molar-refractivity contribution >= 4 is 5.82 Å². The van der Waals surface area contributed by atoms with Gasteiger partial charge >= 0.3 is 0 Å². The number of rotatable bonds is 4. The number of aliphatic hydroxyl groups excluding tert-OH is 1. The summed E-state index contributed by atoms with van der Waals surface area (Å²) in [6, 6.07) is 5.71. The van der Waals surface area contributed by atoms with Crippen LogP contribution in [0.5, 0.6) is 0 Å². The maximum absolute atomic E-state index is 9.22. The fourth-order valence-corrected chi connectivity index (χ4v) is 1.28. The van der Waals surface area contributed by atoms with Gasteiger partial charge in [0, 0.05) is 20.1 Å². The Bertz CT molecular complexity index is 288. The van der Waals surface area contributed by atoms with E-state index in [1.807, 2.05) is 30.1 Å². The third kappa shape index (κ3) is 2.97. The van der Waals surface area contributed by atoms with Gasteiger partial charge in [-0.2, -0.15) is 0 Å². The van der Waals surface area contributed by atoms with E-state index in [2.05, 4.69) is 4.98 Å². The lowest BCUT2D eigenvalue weighted by molar-refractivity contribution is 0.201. The van der Waals surface area contributed by atoms with Crippen LogP contribution in [0.4, 0.5) is 5.82 Å². The van der Waals surface area contributed by atoms with E-state index < -0.39 is 0 Å². The van der Waals surface area contributed by atoms with Crippen LogP contribution in [0.2, 0.25) is 0 Å². The number of pyridine rings is 1. The van der Waals surface area contributed by atoms with E-state index in [0.29, 0.717) is 13.1 Å². The Labute approximate surface area is 84.4 Å². The molecular weight excluding hydrogens is 178 g/mol. The quantitative estimate of drug-likeness (QED) is 0.728. The Kier molecular flexibility index (Phi) is 3.85. The van der Waals surface area contributed by atoms with Crippen molar-refractivity contribution in [3.05, 3.63) is 23.9 Å². The fourth-order valence-electron chi connectivity index (χ4n) is 1.28. The summed E-state index contributed by atoms with van der Waals surface area (Å²) >= 11 is 0. The second-order valence-corrected chi connectivity index (χ2v) is 3.42. The van der Waals surface area contributed by atoms with Gasteiger partial charge in [-0.05, 0) is 19.1 Å². The first kappa shape index (κ1) is 10.9. The molecule has 0 aromatic carbocycles. The largest absolute Gasteiger partial charge is 0.392 e. The predicted octanol–water partition coefficient (Wildman–Crippen LogP) is 0.357. The maximum atomic E-state index is 9.22. The highest BCUT2D eigenvalue weighted by atomic mass is 16.3. The van der Waals surface area contributed by atoms with Crippen molar-refractivity contribution in [2.24, 2.45) is 5.73 Å². The van der Waals surface area contributed by atoms with Gasteiger partial charge < -0.3 is 15.7 Å². The molecule has 3 N–H and O–H groups in total. The average molecular weight is 195 g/mol. The van der Waals surface area contributed by atoms with Crippen LogP contribution in [0.25, 0.3) is 0 Å². The van der Waals surface area contributed by atoms with Gasteiger partial charge in [-0.15, -0.1) is 0 Å². The molecule has 0 amide bonds. The first-order valence-electron chi connectivity index (χ1n) is 4.68. The Morgan fingerprint density at radius 2 is 2.29 bits per heavy atom. The SMILES string of the molecule is CC(O)CN(C)c1cccc(CN)n1. The molecule has 1 heterocycles. The van der Waals surface area contributed by atoms with Crippen LogP contribution in [-0.2, 0) is 6.54 Å². The third-order valence-corrected chi connectivity index (χ3v) is 1.93. The number of likely N-dealkylation sites (N-methyl/N-ethyl adjacent to an activating group) is 1. The number of nitrogens with two attached hydrogens (primary N) is 1. The molecule has 0 saturated heterocycles. The summed E-state index contributed by atoms with van der Waals surface area (Å²) in [4.78, 5) is 6.24. The molecule has 0 saturated carbocycles. The zero-order valence-electron chi connectivity index (χ0n) is 8.64. The number of anilines is 1. The summed E-state index contributed by atoms with van der Waals surface area (Å²) in [7, 11) is 1.90. The maximum Gasteiger partial charge on any atom is 0.128 e. The fraction of sp³-hybridized carbons (Fsp3) is 0.500. The molecule has 14 heavy (non-hydrogen) atoms. The van der Waals surface area contributed by atoms with E-state index in [9.17, 15) is 5.11 Å². The minimum Gasteiger partial charge on any atom is -0.392 e. The summed E-state index contributed by atoms with van der Waals surface area (Å²) in [5.74, 6) is 0.842. The summed E-state index contributed by atoms with van der Waals surface area (Å²) in [5, 5.41) is 9.22. The molecular formula is C10H17N3O. The normalized spacial score (nSPS) is 12.6. The molecule has 4 nitrogen and oxygen atoms in total. The van der Waals surface area contributed by atoms with Crippen LogP contribution in [0.1, 0.15) is 12.6 Å². The summed E-state index contributed by atoms with van der Waals surface area (Å²) in [5.41, 5.74) is 6.35. The van der Waals surface area contributed by atoms with Crippen molar-refractivity contribution in [2.45, 2.75) is 19.6 Å². The van der Waals surface area contributed by atoms with E-state index >= 15 is 0 Å². The van der Waals surface area contributed by atoms with E-state index in [1.165, 1.54) is 0 Å². The number of aliphatic hydroxyl groups is 1. The van der Waals surface area contributed by atoms with Gasteiger partial charge in [0.2, 0.25) is 0 Å². The molecule has 0 radical (unpaired) electrons. The molecule has 1 aromatic heterocycles. The monoisotopic (exact) mass is 195 g/mol. The average Bonchev–Trinajstić information content (AvgIpc) is 2.17. The van der Waals surface area contributed by atoms with E-state index in [-0.39, 0.29) is 6.10 Å². The smallest absolute Gasteiger partial charge is 0.128 e. The van der Waals surface area contributed by atoms with Gasteiger partial charge in [0.15, 0.2) is 0 Å². The summed E-state index contributed by atoms with van der Waals surface area (Å²) in [6.45, 7) is 2.76. The number of hydrogen-bond acceptors (Lipinski definition) is 4. The molecule has 0 bridgehead atoms. The molecule has 0 aliphatic rings. The molecule has 4 heteroatoms. The van der Waals surface area contributed by atoms with Crippen LogP contribution in [0.3, 0.4) is 0 Å². The minimum atomic E-state index is -0.358. The van der Waals surface area contributed by atoms with Gasteiger partial charge in [-0.3, -0.25) is 0 Å². The Morgan fingerprint density at radius 1 is 1.57 bits per heavy atom. The van der Waals surface area contributed by atoms with Crippen LogP contribution in [0, 0.1) is 0 Å². The highest BCUT2D eigenvalue weighted by molar-refractivity contribution is 5.38. The second-order valence-electron chi connectivity index (χ2n) is 3.42. The number of aromatic nitrogens is 1. The van der Waals surface area contributed by atoms with Crippen molar-refractivity contribution in [3.63, 3.8) is 0 Å². The van der Waals surface area contributed by atoms with Gasteiger partial charge in [0.25, 0.3) is 0 Å². The van der Waals surface area contributed by atoms with Crippen LogP contribution in [-0.4, -0.2) is 29.8 Å². The second kappa shape index (κ2) is 4.93. The van der Waals surface area contributed by atoms with Gasteiger partial charge in [0.1, 0.15) is 5.82 Å². The molecule has 1 aromatic rings. The summed E-state index contributed by atoms with van der Waals surface area (Å²) in [6.07, 6.45) is -0.358. The molecule has 0 fully saturated rings. The van der Waals surface area contributed by atoms with Crippen LogP contribution in [0.15, 0.2) is 18.2 Å². The van der Waals surface area contributed by atoms with Crippen molar-refractivity contribution in [1.82, 2.24) is 4.98 Å². The first-order chi connectivity index (χ1) is 6.63. The lowest BCUT2D eigenvalue weighted by atomic mass is 10.3. The van der Waals surface area contributed by atoms with Gasteiger partial charge in [-0.1, -0.05) is 6.07 Å². The van der Waals surface area contributed by atoms with E-state index in [4.69, 9.17) is 5.73 Å². The van der Waals surface area contributed by atoms with Crippen molar-refractivity contribution in [2.75, 3.05) is 18.5 Å². The molecule has 0 aliphatic heterocycles. The topological polar surface area (TPSA) is 62.4 Å². The van der Waals surface area contributed by atoms with Crippen molar-refractivity contribution in [1.29, 1.82) is 0 Å². The molecule has 0 spiro atoms. The number of nitrogens with zero attached hydrogens (tertiary/aromatic N) is 2. The molecule has 1 atom stereocenters. The Morgan fingerprint density at radius 3 is 2.86 bits per heavy atom. The Hall–Kier alpha value is -1.13. The summed E-state index contributed by atoms with van der Waals surface area (Å²) < 4.78 is 0. The van der Waals surface area contributed by atoms with Gasteiger partial charge in [0.05, 0.1) is 11.8 Å². The zero-order valence-corrected chi connectivity index (χ0v) is 8.64. The predicted molar refractivity (Wildman–Crippen MR) is 57.1 cm³/mol. The molecule has 78 valence electrons. The standard InChI is InChI=1S/C10H17N3O/c1-8(14)7-13(2)10-5-3-4-9(6-11)12-10/h3-5,8,14H,6-7,11H2,1-2H3. The molecule has 0 aliphatic carbocycles. The van der Waals surface area contributed by atoms with Gasteiger partial charge in [-0.25, -0.2) is 4.98 Å².